The molecule has 0 bridgehead atoms. The van der Waals surface area contributed by atoms with Crippen LogP contribution in [0.2, 0.25) is 5.02 Å². The third-order valence-corrected chi connectivity index (χ3v) is 3.66. The molecule has 0 aliphatic rings. The van der Waals surface area contributed by atoms with Gasteiger partial charge in [-0.25, -0.2) is 4.98 Å². The summed E-state index contributed by atoms with van der Waals surface area (Å²) < 4.78 is 0. The number of nitrogens with one attached hydrogen (secondary N) is 1. The van der Waals surface area contributed by atoms with Gasteiger partial charge in [-0.15, -0.1) is 0 Å². The molecule has 2 aromatic heterocycles. The molecule has 0 aliphatic carbocycles. The maximum atomic E-state index is 12.3. The standard InChI is InChI=1S/C13H13ClN2O3/c1-6(7(2)13(18)19)11(17)8-5-16-12-10(8)9(14)3-4-15-12/h3-7H,1-2H3,(H,15,16)(H,18,19). The Balaban J connectivity index is 2.45. The summed E-state index contributed by atoms with van der Waals surface area (Å²) in [4.78, 5) is 30.2. The SMILES string of the molecule is CC(C(=O)O)C(C)C(=O)c1c[nH]c2nccc(Cl)c12. The van der Waals surface area contributed by atoms with Crippen LogP contribution >= 0.6 is 11.6 Å². The van der Waals surface area contributed by atoms with Crippen LogP contribution in [-0.2, 0) is 4.79 Å². The number of hydrogen-bond donors (Lipinski definition) is 2. The molecule has 2 atom stereocenters. The summed E-state index contributed by atoms with van der Waals surface area (Å²) in [6, 6.07) is 1.60. The van der Waals surface area contributed by atoms with Crippen LogP contribution < -0.4 is 0 Å². The Morgan fingerprint density at radius 2 is 2.05 bits per heavy atom. The van der Waals surface area contributed by atoms with Gasteiger partial charge in [-0.05, 0) is 6.07 Å². The summed E-state index contributed by atoms with van der Waals surface area (Å²) in [5.74, 6) is -2.64. The number of H-pyrrole nitrogens is 1. The number of carboxylic acid groups (broad SMARTS) is 1. The zero-order valence-electron chi connectivity index (χ0n) is 10.5. The quantitative estimate of drug-likeness (QED) is 0.844. The molecular weight excluding hydrogens is 268 g/mol. The first-order chi connectivity index (χ1) is 8.93. The topological polar surface area (TPSA) is 83.0 Å². The Morgan fingerprint density at radius 1 is 1.37 bits per heavy atom. The largest absolute Gasteiger partial charge is 0.481 e. The molecule has 100 valence electrons. The Labute approximate surface area is 114 Å². The molecule has 2 rings (SSSR count). The average molecular weight is 281 g/mol. The lowest BCUT2D eigenvalue weighted by Gasteiger charge is -2.14. The van der Waals surface area contributed by atoms with Gasteiger partial charge in [-0.1, -0.05) is 25.4 Å². The normalized spacial score (nSPS) is 14.3. The number of carbonyl (C=O) groups is 2. The van der Waals surface area contributed by atoms with E-state index in [2.05, 4.69) is 9.97 Å². The number of aliphatic carboxylic acids is 1. The highest BCUT2D eigenvalue weighted by molar-refractivity contribution is 6.36. The maximum absolute atomic E-state index is 12.3. The Kier molecular flexibility index (Phi) is 3.57. The van der Waals surface area contributed by atoms with Gasteiger partial charge in [0, 0.05) is 29.3 Å². The predicted octanol–water partition coefficient (Wildman–Crippen LogP) is 2.76. The average Bonchev–Trinajstić information content (AvgIpc) is 2.81. The Morgan fingerprint density at radius 3 is 2.68 bits per heavy atom. The second-order valence-electron chi connectivity index (χ2n) is 4.50. The van der Waals surface area contributed by atoms with Crippen molar-refractivity contribution >= 4 is 34.4 Å². The molecule has 0 fully saturated rings. The molecule has 0 aromatic carbocycles. The van der Waals surface area contributed by atoms with E-state index in [0.717, 1.165) is 0 Å². The van der Waals surface area contributed by atoms with Crippen molar-refractivity contribution in [2.75, 3.05) is 0 Å². The van der Waals surface area contributed by atoms with Crippen molar-refractivity contribution in [1.29, 1.82) is 0 Å². The van der Waals surface area contributed by atoms with Crippen molar-refractivity contribution in [2.45, 2.75) is 13.8 Å². The number of aromatic nitrogens is 2. The summed E-state index contributed by atoms with van der Waals surface area (Å²) >= 11 is 6.07. The van der Waals surface area contributed by atoms with Gasteiger partial charge in [0.2, 0.25) is 0 Å². The van der Waals surface area contributed by atoms with Gasteiger partial charge in [-0.2, -0.15) is 0 Å². The van der Waals surface area contributed by atoms with Gasteiger partial charge >= 0.3 is 5.97 Å². The molecule has 2 N–H and O–H groups in total. The number of carboxylic acids is 1. The minimum atomic E-state index is -0.995. The summed E-state index contributed by atoms with van der Waals surface area (Å²) in [5.41, 5.74) is 0.903. The van der Waals surface area contributed by atoms with Crippen molar-refractivity contribution in [3.05, 3.63) is 29.0 Å². The van der Waals surface area contributed by atoms with Crippen molar-refractivity contribution in [2.24, 2.45) is 11.8 Å². The first-order valence-electron chi connectivity index (χ1n) is 5.82. The van der Waals surface area contributed by atoms with Gasteiger partial charge in [-0.3, -0.25) is 9.59 Å². The number of fused-ring (bicyclic) bond motifs is 1. The van der Waals surface area contributed by atoms with Crippen LogP contribution in [0.15, 0.2) is 18.5 Å². The molecule has 19 heavy (non-hydrogen) atoms. The van der Waals surface area contributed by atoms with Crippen LogP contribution in [0.25, 0.3) is 11.0 Å². The number of halogens is 1. The van der Waals surface area contributed by atoms with E-state index in [4.69, 9.17) is 16.7 Å². The monoisotopic (exact) mass is 280 g/mol. The molecule has 0 spiro atoms. The molecule has 5 nitrogen and oxygen atoms in total. The first-order valence-corrected chi connectivity index (χ1v) is 6.20. The lowest BCUT2D eigenvalue weighted by Crippen LogP contribution is -2.25. The molecule has 0 saturated carbocycles. The van der Waals surface area contributed by atoms with Crippen LogP contribution in [0, 0.1) is 11.8 Å². The number of hydrogen-bond acceptors (Lipinski definition) is 3. The van der Waals surface area contributed by atoms with E-state index in [1.807, 2.05) is 0 Å². The Hall–Kier alpha value is -1.88. The Bertz CT molecular complexity index is 650. The summed E-state index contributed by atoms with van der Waals surface area (Å²) in [6.45, 7) is 3.11. The van der Waals surface area contributed by atoms with E-state index in [0.29, 0.717) is 21.6 Å². The number of ketones is 1. The van der Waals surface area contributed by atoms with Gasteiger partial charge < -0.3 is 10.1 Å². The van der Waals surface area contributed by atoms with Crippen molar-refractivity contribution < 1.29 is 14.7 Å². The van der Waals surface area contributed by atoms with Crippen LogP contribution in [0.3, 0.4) is 0 Å². The smallest absolute Gasteiger partial charge is 0.306 e. The minimum Gasteiger partial charge on any atom is -0.481 e. The fourth-order valence-corrected chi connectivity index (χ4v) is 2.14. The third kappa shape index (κ3) is 2.33. The maximum Gasteiger partial charge on any atom is 0.306 e. The second kappa shape index (κ2) is 5.01. The zero-order valence-corrected chi connectivity index (χ0v) is 11.2. The van der Waals surface area contributed by atoms with Crippen molar-refractivity contribution in [3.8, 4) is 0 Å². The number of rotatable bonds is 4. The number of nitrogens with zero attached hydrogens (tertiary/aromatic N) is 1. The van der Waals surface area contributed by atoms with Gasteiger partial charge in [0.1, 0.15) is 5.65 Å². The number of carbonyl (C=O) groups excluding carboxylic acids is 1. The number of pyridine rings is 1. The van der Waals surface area contributed by atoms with Crippen molar-refractivity contribution in [1.82, 2.24) is 9.97 Å². The third-order valence-electron chi connectivity index (χ3n) is 3.34. The molecule has 2 heterocycles. The molecule has 6 heteroatoms. The summed E-state index contributed by atoms with van der Waals surface area (Å²) in [5, 5.41) is 9.93. The highest BCUT2D eigenvalue weighted by atomic mass is 35.5. The lowest BCUT2D eigenvalue weighted by molar-refractivity contribution is -0.142. The minimum absolute atomic E-state index is 0.254. The highest BCUT2D eigenvalue weighted by Crippen LogP contribution is 2.28. The molecule has 0 amide bonds. The van der Waals surface area contributed by atoms with E-state index in [1.54, 1.807) is 19.2 Å². The summed E-state index contributed by atoms with van der Waals surface area (Å²) in [6.07, 6.45) is 3.07. The van der Waals surface area contributed by atoms with Gasteiger partial charge in [0.05, 0.1) is 10.9 Å². The molecule has 0 radical (unpaired) electrons. The predicted molar refractivity (Wildman–Crippen MR) is 71.4 cm³/mol. The van der Waals surface area contributed by atoms with E-state index >= 15 is 0 Å². The number of Topliss-reactive ketones (excluding diaryl/α,β-unsaturated/α-hetero) is 1. The fourth-order valence-electron chi connectivity index (χ4n) is 1.90. The highest BCUT2D eigenvalue weighted by Gasteiger charge is 2.28. The van der Waals surface area contributed by atoms with Crippen LogP contribution in [0.5, 0.6) is 0 Å². The van der Waals surface area contributed by atoms with Gasteiger partial charge in [0.15, 0.2) is 5.78 Å². The molecule has 0 saturated heterocycles. The fraction of sp³-hybridized carbons (Fsp3) is 0.308. The van der Waals surface area contributed by atoms with Crippen molar-refractivity contribution in [3.63, 3.8) is 0 Å². The van der Waals surface area contributed by atoms with E-state index in [-0.39, 0.29) is 5.78 Å². The lowest BCUT2D eigenvalue weighted by atomic mass is 9.88. The first kappa shape index (κ1) is 13.5. The molecular formula is C13H13ClN2O3. The molecule has 2 unspecified atom stereocenters. The van der Waals surface area contributed by atoms with E-state index < -0.39 is 17.8 Å². The van der Waals surface area contributed by atoms with E-state index in [1.165, 1.54) is 13.1 Å². The molecule has 2 aromatic rings. The second-order valence-corrected chi connectivity index (χ2v) is 4.91. The zero-order chi connectivity index (χ0) is 14.2. The van der Waals surface area contributed by atoms with Crippen LogP contribution in [0.1, 0.15) is 24.2 Å². The van der Waals surface area contributed by atoms with Crippen LogP contribution in [0.4, 0.5) is 0 Å². The molecule has 0 aliphatic heterocycles. The summed E-state index contributed by atoms with van der Waals surface area (Å²) in [7, 11) is 0. The number of aromatic amines is 1. The van der Waals surface area contributed by atoms with E-state index in [9.17, 15) is 9.59 Å². The van der Waals surface area contributed by atoms with Gasteiger partial charge in [0.25, 0.3) is 0 Å². The van der Waals surface area contributed by atoms with Crippen LogP contribution in [-0.4, -0.2) is 26.8 Å².